The summed E-state index contributed by atoms with van der Waals surface area (Å²) in [5, 5.41) is 26.9. The summed E-state index contributed by atoms with van der Waals surface area (Å²) in [5.74, 6) is 0. The summed E-state index contributed by atoms with van der Waals surface area (Å²) >= 11 is 6.00. The summed E-state index contributed by atoms with van der Waals surface area (Å²) < 4.78 is 0. The van der Waals surface area contributed by atoms with Gasteiger partial charge < -0.3 is 10.0 Å². The van der Waals surface area contributed by atoms with Crippen LogP contribution in [0.15, 0.2) is 18.2 Å². The minimum Gasteiger partial charge on any atom is -0.392 e. The second-order valence-corrected chi connectivity index (χ2v) is 3.49. The Morgan fingerprint density at radius 2 is 1.88 bits per heavy atom. The topological polar surface area (TPSA) is 71.0 Å². The van der Waals surface area contributed by atoms with E-state index in [4.69, 9.17) is 22.1 Å². The molecule has 5 heteroatoms. The molecule has 0 saturated heterocycles. The predicted molar refractivity (Wildman–Crippen MR) is 60.8 cm³/mol. The molecule has 0 spiro atoms. The van der Waals surface area contributed by atoms with E-state index in [-0.39, 0.29) is 19.7 Å². The maximum absolute atomic E-state index is 9.18. The zero-order valence-electron chi connectivity index (χ0n) is 8.52. The van der Waals surface area contributed by atoms with Crippen LogP contribution >= 0.6 is 11.6 Å². The van der Waals surface area contributed by atoms with Crippen LogP contribution in [0.2, 0.25) is 5.02 Å². The van der Waals surface area contributed by atoms with Gasteiger partial charge in [-0.1, -0.05) is 23.7 Å². The van der Waals surface area contributed by atoms with Gasteiger partial charge in [-0.2, -0.15) is 10.5 Å². The number of anilines is 1. The van der Waals surface area contributed by atoms with Gasteiger partial charge in [0, 0.05) is 5.56 Å². The summed E-state index contributed by atoms with van der Waals surface area (Å²) in [4.78, 5) is 1.54. The van der Waals surface area contributed by atoms with Crippen LogP contribution in [0, 0.1) is 22.7 Å². The minimum atomic E-state index is -0.177. The third-order valence-corrected chi connectivity index (χ3v) is 2.39. The number of halogens is 1. The molecule has 0 fully saturated rings. The van der Waals surface area contributed by atoms with Crippen molar-refractivity contribution in [3.8, 4) is 12.1 Å². The Morgan fingerprint density at radius 1 is 1.25 bits per heavy atom. The van der Waals surface area contributed by atoms with E-state index in [0.717, 1.165) is 0 Å². The number of nitrogens with zero attached hydrogens (tertiary/aromatic N) is 3. The van der Waals surface area contributed by atoms with Crippen molar-refractivity contribution in [3.05, 3.63) is 28.8 Å². The van der Waals surface area contributed by atoms with E-state index in [1.807, 2.05) is 12.1 Å². The van der Waals surface area contributed by atoms with Crippen LogP contribution in [0.4, 0.5) is 5.69 Å². The van der Waals surface area contributed by atoms with Crippen molar-refractivity contribution in [1.82, 2.24) is 0 Å². The van der Waals surface area contributed by atoms with Crippen molar-refractivity contribution in [2.24, 2.45) is 0 Å². The lowest BCUT2D eigenvalue weighted by Crippen LogP contribution is -2.25. The molecule has 0 radical (unpaired) electrons. The highest BCUT2D eigenvalue weighted by Crippen LogP contribution is 2.29. The lowest BCUT2D eigenvalue weighted by atomic mass is 10.1. The number of para-hydroxylation sites is 1. The quantitative estimate of drug-likeness (QED) is 0.806. The highest BCUT2D eigenvalue weighted by molar-refractivity contribution is 6.33. The molecule has 0 bridgehead atoms. The molecular formula is C11H10ClN3O. The van der Waals surface area contributed by atoms with Crippen molar-refractivity contribution in [2.75, 3.05) is 18.0 Å². The van der Waals surface area contributed by atoms with Gasteiger partial charge in [0.25, 0.3) is 0 Å². The van der Waals surface area contributed by atoms with Gasteiger partial charge in [0.15, 0.2) is 0 Å². The smallest absolute Gasteiger partial charge is 0.107 e. The van der Waals surface area contributed by atoms with E-state index in [1.54, 1.807) is 18.2 Å². The van der Waals surface area contributed by atoms with Gasteiger partial charge in [0.1, 0.15) is 13.1 Å². The lowest BCUT2D eigenvalue weighted by Gasteiger charge is -2.22. The molecule has 1 aromatic rings. The standard InChI is InChI=1S/C11H10ClN3O/c12-10-3-1-2-9(8-16)11(10)15(6-4-13)7-5-14/h1-3,16H,6-8H2. The Labute approximate surface area is 98.9 Å². The Balaban J connectivity index is 3.17. The van der Waals surface area contributed by atoms with Gasteiger partial charge in [-0.25, -0.2) is 0 Å². The van der Waals surface area contributed by atoms with E-state index in [1.165, 1.54) is 4.90 Å². The predicted octanol–water partition coefficient (Wildman–Crippen LogP) is 1.69. The highest BCUT2D eigenvalue weighted by Gasteiger charge is 2.13. The molecule has 4 nitrogen and oxygen atoms in total. The van der Waals surface area contributed by atoms with Gasteiger partial charge in [-0.15, -0.1) is 0 Å². The minimum absolute atomic E-state index is 0.0598. The molecule has 0 unspecified atom stereocenters. The van der Waals surface area contributed by atoms with Crippen LogP contribution in [0.1, 0.15) is 5.56 Å². The molecule has 16 heavy (non-hydrogen) atoms. The molecule has 0 aliphatic rings. The second kappa shape index (κ2) is 5.97. The largest absolute Gasteiger partial charge is 0.392 e. The third kappa shape index (κ3) is 2.64. The van der Waals surface area contributed by atoms with Gasteiger partial charge in [-0.3, -0.25) is 0 Å². The second-order valence-electron chi connectivity index (χ2n) is 3.08. The SMILES string of the molecule is N#CCN(CC#N)c1c(Cl)cccc1CO. The molecule has 0 aliphatic carbocycles. The van der Waals surface area contributed by atoms with Crippen molar-refractivity contribution in [2.45, 2.75) is 6.61 Å². The highest BCUT2D eigenvalue weighted by atomic mass is 35.5. The van der Waals surface area contributed by atoms with E-state index >= 15 is 0 Å². The normalized spacial score (nSPS) is 9.25. The summed E-state index contributed by atoms with van der Waals surface area (Å²) in [5.41, 5.74) is 1.16. The molecule has 0 amide bonds. The molecule has 0 aliphatic heterocycles. The van der Waals surface area contributed by atoms with Crippen molar-refractivity contribution >= 4 is 17.3 Å². The number of aliphatic hydroxyl groups excluding tert-OH is 1. The van der Waals surface area contributed by atoms with Gasteiger partial charge >= 0.3 is 0 Å². The van der Waals surface area contributed by atoms with Crippen molar-refractivity contribution in [3.63, 3.8) is 0 Å². The Bertz CT molecular complexity index is 432. The molecule has 0 aromatic heterocycles. The Morgan fingerprint density at radius 3 is 2.38 bits per heavy atom. The van der Waals surface area contributed by atoms with Crippen molar-refractivity contribution in [1.29, 1.82) is 10.5 Å². The first-order valence-corrected chi connectivity index (χ1v) is 4.99. The molecule has 0 heterocycles. The molecule has 0 atom stereocenters. The Kier molecular flexibility index (Phi) is 4.60. The van der Waals surface area contributed by atoms with Crippen LogP contribution in [0.25, 0.3) is 0 Å². The first-order valence-electron chi connectivity index (χ1n) is 4.61. The van der Waals surface area contributed by atoms with E-state index < -0.39 is 0 Å². The Hall–Kier alpha value is -1.75. The number of rotatable bonds is 4. The number of nitriles is 2. The summed E-state index contributed by atoms with van der Waals surface area (Å²) in [6, 6.07) is 9.02. The monoisotopic (exact) mass is 235 g/mol. The summed E-state index contributed by atoms with van der Waals surface area (Å²) in [7, 11) is 0. The van der Waals surface area contributed by atoms with Crippen LogP contribution in [0.3, 0.4) is 0 Å². The molecule has 1 aromatic carbocycles. The fourth-order valence-corrected chi connectivity index (χ4v) is 1.74. The summed E-state index contributed by atoms with van der Waals surface area (Å²) in [6.45, 7) is -0.0577. The summed E-state index contributed by atoms with van der Waals surface area (Å²) in [6.07, 6.45) is 0. The third-order valence-electron chi connectivity index (χ3n) is 2.08. The first kappa shape index (κ1) is 12.3. The maximum atomic E-state index is 9.18. The molecular weight excluding hydrogens is 226 g/mol. The maximum Gasteiger partial charge on any atom is 0.107 e. The average molecular weight is 236 g/mol. The van der Waals surface area contributed by atoms with Crippen LogP contribution in [-0.2, 0) is 6.61 Å². The zero-order valence-corrected chi connectivity index (χ0v) is 9.28. The van der Waals surface area contributed by atoms with Gasteiger partial charge in [-0.05, 0) is 6.07 Å². The fraction of sp³-hybridized carbons (Fsp3) is 0.273. The average Bonchev–Trinajstić information content (AvgIpc) is 2.28. The number of hydrogen-bond donors (Lipinski definition) is 1. The molecule has 82 valence electrons. The molecule has 1 rings (SSSR count). The van der Waals surface area contributed by atoms with E-state index in [2.05, 4.69) is 0 Å². The van der Waals surface area contributed by atoms with E-state index in [0.29, 0.717) is 16.3 Å². The fourth-order valence-electron chi connectivity index (χ4n) is 1.43. The van der Waals surface area contributed by atoms with Crippen LogP contribution < -0.4 is 4.90 Å². The van der Waals surface area contributed by atoms with Crippen LogP contribution in [-0.4, -0.2) is 18.2 Å². The van der Waals surface area contributed by atoms with E-state index in [9.17, 15) is 5.11 Å². The van der Waals surface area contributed by atoms with Gasteiger partial charge in [0.05, 0.1) is 29.5 Å². The van der Waals surface area contributed by atoms with Gasteiger partial charge in [0.2, 0.25) is 0 Å². The number of benzene rings is 1. The molecule has 0 saturated carbocycles. The number of hydrogen-bond acceptors (Lipinski definition) is 4. The first-order chi connectivity index (χ1) is 7.74. The number of aliphatic hydroxyl groups is 1. The zero-order chi connectivity index (χ0) is 12.0. The van der Waals surface area contributed by atoms with Crippen LogP contribution in [0.5, 0.6) is 0 Å². The lowest BCUT2D eigenvalue weighted by molar-refractivity contribution is 0.282. The molecule has 1 N–H and O–H groups in total. The van der Waals surface area contributed by atoms with Crippen molar-refractivity contribution < 1.29 is 5.11 Å².